The van der Waals surface area contributed by atoms with E-state index in [1.807, 2.05) is 60.8 Å². The predicted molar refractivity (Wildman–Crippen MR) is 105 cm³/mol. The average Bonchev–Trinajstić information content (AvgIpc) is 2.67. The van der Waals surface area contributed by atoms with Gasteiger partial charge < -0.3 is 4.74 Å². The van der Waals surface area contributed by atoms with Gasteiger partial charge in [-0.1, -0.05) is 54.6 Å². The fourth-order valence-corrected chi connectivity index (χ4v) is 2.27. The second-order valence-electron chi connectivity index (χ2n) is 5.37. The Labute approximate surface area is 147 Å². The van der Waals surface area contributed by atoms with Crippen LogP contribution in [0.1, 0.15) is 16.7 Å². The van der Waals surface area contributed by atoms with Gasteiger partial charge in [-0.15, -0.1) is 0 Å². The number of ether oxygens (including phenoxy) is 1. The van der Waals surface area contributed by atoms with E-state index in [1.165, 1.54) is 5.56 Å². The van der Waals surface area contributed by atoms with Crippen molar-refractivity contribution in [2.45, 2.75) is 0 Å². The summed E-state index contributed by atoms with van der Waals surface area (Å²) in [6.07, 6.45) is 6.07. The number of nitrogens with zero attached hydrogens (tertiary/aromatic N) is 1. The fraction of sp³-hybridized carbons (Fsp3) is 0.0455. The molecule has 0 saturated heterocycles. The summed E-state index contributed by atoms with van der Waals surface area (Å²) in [7, 11) is 1.66. The number of methoxy groups -OCH3 is 1. The summed E-state index contributed by atoms with van der Waals surface area (Å²) in [5.41, 5.74) is 4.33. The first-order chi connectivity index (χ1) is 11.8. The Morgan fingerprint density at radius 3 is 1.84 bits per heavy atom. The van der Waals surface area contributed by atoms with Gasteiger partial charge in [0.05, 0.1) is 12.8 Å². The van der Waals surface area contributed by atoms with Crippen LogP contribution in [-0.4, -0.2) is 13.3 Å². The number of benzene rings is 3. The second kappa shape index (κ2) is 9.18. The highest BCUT2D eigenvalue weighted by molar-refractivity contribution is 5.82. The summed E-state index contributed by atoms with van der Waals surface area (Å²) < 4.78 is 5.15. The molecule has 126 valence electrons. The van der Waals surface area contributed by atoms with E-state index in [0.29, 0.717) is 0 Å². The molecule has 0 N–H and O–H groups in total. The van der Waals surface area contributed by atoms with Gasteiger partial charge in [0.1, 0.15) is 5.75 Å². The Bertz CT molecular complexity index is 822. The quantitative estimate of drug-likeness (QED) is 0.429. The van der Waals surface area contributed by atoms with Crippen molar-refractivity contribution in [3.05, 3.63) is 95.6 Å². The smallest absolute Gasteiger partial charge is 0.118 e. The van der Waals surface area contributed by atoms with Crippen LogP contribution in [0.15, 0.2) is 83.9 Å². The normalized spacial score (nSPS) is 10.8. The lowest BCUT2D eigenvalue weighted by atomic mass is 10.1. The van der Waals surface area contributed by atoms with Gasteiger partial charge in [-0.2, -0.15) is 0 Å². The minimum Gasteiger partial charge on any atom is -0.497 e. The molecular weight excluding hydrogens is 313 g/mol. The summed E-state index contributed by atoms with van der Waals surface area (Å²) in [6.45, 7) is 0. The maximum absolute atomic E-state index is 5.15. The standard InChI is InChI=1S/C22H19NO.FH/c1-24-22-15-11-20(12-16-22)17-23-21-13-9-19(10-14-21)8-7-18-5-3-2-4-6-18;/h2-17H,1H3;1H/b8-7+,23-17?;. The topological polar surface area (TPSA) is 21.6 Å². The molecule has 0 fully saturated rings. The van der Waals surface area contributed by atoms with Gasteiger partial charge >= 0.3 is 0 Å². The van der Waals surface area contributed by atoms with Crippen LogP contribution >= 0.6 is 0 Å². The molecule has 3 rings (SSSR count). The van der Waals surface area contributed by atoms with E-state index in [1.54, 1.807) is 7.11 Å². The summed E-state index contributed by atoms with van der Waals surface area (Å²) in [6, 6.07) is 26.3. The molecule has 0 atom stereocenters. The third kappa shape index (κ3) is 5.43. The predicted octanol–water partition coefficient (Wildman–Crippen LogP) is 5.77. The lowest BCUT2D eigenvalue weighted by Gasteiger charge is -1.99. The van der Waals surface area contributed by atoms with Gasteiger partial charge in [0, 0.05) is 6.21 Å². The van der Waals surface area contributed by atoms with E-state index in [0.717, 1.165) is 22.6 Å². The van der Waals surface area contributed by atoms with Gasteiger partial charge in [0.2, 0.25) is 0 Å². The Hall–Kier alpha value is -3.20. The highest BCUT2D eigenvalue weighted by atomic mass is 19.0. The highest BCUT2D eigenvalue weighted by Gasteiger charge is 1.93. The monoisotopic (exact) mass is 333 g/mol. The van der Waals surface area contributed by atoms with E-state index in [-0.39, 0.29) is 4.70 Å². The molecule has 0 unspecified atom stereocenters. The summed E-state index contributed by atoms with van der Waals surface area (Å²) in [4.78, 5) is 4.50. The molecule has 0 saturated carbocycles. The summed E-state index contributed by atoms with van der Waals surface area (Å²) in [5, 5.41) is 0. The molecule has 3 aromatic rings. The van der Waals surface area contributed by atoms with Crippen LogP contribution in [0.2, 0.25) is 0 Å². The molecule has 25 heavy (non-hydrogen) atoms. The minimum atomic E-state index is 0. The summed E-state index contributed by atoms with van der Waals surface area (Å²) in [5.74, 6) is 0.849. The van der Waals surface area contributed by atoms with E-state index in [9.17, 15) is 0 Å². The Morgan fingerprint density at radius 1 is 0.680 bits per heavy atom. The molecule has 0 bridgehead atoms. The molecular formula is C22H20FNO. The van der Waals surface area contributed by atoms with E-state index < -0.39 is 0 Å². The van der Waals surface area contributed by atoms with Crippen LogP contribution in [0.4, 0.5) is 10.4 Å². The van der Waals surface area contributed by atoms with Crippen LogP contribution in [0.25, 0.3) is 12.2 Å². The average molecular weight is 333 g/mol. The van der Waals surface area contributed by atoms with E-state index >= 15 is 0 Å². The van der Waals surface area contributed by atoms with Crippen LogP contribution in [0, 0.1) is 0 Å². The van der Waals surface area contributed by atoms with Crippen LogP contribution in [0.3, 0.4) is 0 Å². The van der Waals surface area contributed by atoms with Crippen molar-refractivity contribution < 1.29 is 9.44 Å². The second-order valence-corrected chi connectivity index (χ2v) is 5.37. The number of halogens is 1. The lowest BCUT2D eigenvalue weighted by molar-refractivity contribution is 0.415. The first-order valence-corrected chi connectivity index (χ1v) is 7.85. The third-order valence-electron chi connectivity index (χ3n) is 3.64. The van der Waals surface area contributed by atoms with Crippen molar-refractivity contribution in [2.24, 2.45) is 4.99 Å². The molecule has 0 heterocycles. The molecule has 2 nitrogen and oxygen atoms in total. The van der Waals surface area contributed by atoms with Crippen molar-refractivity contribution in [1.82, 2.24) is 0 Å². The fourth-order valence-electron chi connectivity index (χ4n) is 2.27. The molecule has 0 spiro atoms. The van der Waals surface area contributed by atoms with Gasteiger partial charge in [0.15, 0.2) is 0 Å². The third-order valence-corrected chi connectivity index (χ3v) is 3.64. The van der Waals surface area contributed by atoms with Crippen LogP contribution < -0.4 is 4.74 Å². The van der Waals surface area contributed by atoms with Crippen molar-refractivity contribution in [1.29, 1.82) is 0 Å². The minimum absolute atomic E-state index is 0. The Balaban J connectivity index is 0.00000225. The zero-order chi connectivity index (χ0) is 16.6. The van der Waals surface area contributed by atoms with Gasteiger partial charge in [-0.3, -0.25) is 9.70 Å². The molecule has 0 radical (unpaired) electrons. The van der Waals surface area contributed by atoms with E-state index in [4.69, 9.17) is 4.74 Å². The van der Waals surface area contributed by atoms with Crippen molar-refractivity contribution >= 4 is 24.1 Å². The van der Waals surface area contributed by atoms with Crippen LogP contribution in [0.5, 0.6) is 5.75 Å². The van der Waals surface area contributed by atoms with Crippen LogP contribution in [-0.2, 0) is 0 Å². The Kier molecular flexibility index (Phi) is 6.66. The maximum Gasteiger partial charge on any atom is 0.118 e. The van der Waals surface area contributed by atoms with Crippen molar-refractivity contribution in [3.8, 4) is 5.75 Å². The molecule has 0 amide bonds. The molecule has 0 aliphatic carbocycles. The van der Waals surface area contributed by atoms with Gasteiger partial charge in [-0.05, 0) is 53.1 Å². The van der Waals surface area contributed by atoms with E-state index in [2.05, 4.69) is 41.4 Å². The number of aliphatic imine (C=N–C) groups is 1. The first kappa shape index (κ1) is 18.1. The summed E-state index contributed by atoms with van der Waals surface area (Å²) >= 11 is 0. The number of hydrogen-bond acceptors (Lipinski definition) is 2. The highest BCUT2D eigenvalue weighted by Crippen LogP contribution is 2.16. The maximum atomic E-state index is 5.15. The van der Waals surface area contributed by atoms with Crippen molar-refractivity contribution in [3.63, 3.8) is 0 Å². The van der Waals surface area contributed by atoms with Crippen molar-refractivity contribution in [2.75, 3.05) is 7.11 Å². The first-order valence-electron chi connectivity index (χ1n) is 7.85. The zero-order valence-electron chi connectivity index (χ0n) is 14.0. The molecule has 3 heteroatoms. The SMILES string of the molecule is COc1ccc(C=Nc2ccc(/C=C/c3ccccc3)cc2)cc1.F. The molecule has 0 aromatic heterocycles. The number of rotatable bonds is 5. The lowest BCUT2D eigenvalue weighted by Crippen LogP contribution is -1.84. The largest absolute Gasteiger partial charge is 0.497 e. The number of hydrogen-bond donors (Lipinski definition) is 0. The van der Waals surface area contributed by atoms with Gasteiger partial charge in [-0.25, -0.2) is 0 Å². The zero-order valence-corrected chi connectivity index (χ0v) is 14.0. The molecule has 0 aliphatic rings. The Morgan fingerprint density at radius 2 is 1.24 bits per heavy atom. The molecule has 0 aliphatic heterocycles. The van der Waals surface area contributed by atoms with Gasteiger partial charge in [0.25, 0.3) is 0 Å². The molecule has 3 aromatic carbocycles.